The van der Waals surface area contributed by atoms with E-state index in [1.165, 1.54) is 0 Å². The number of hydrogen-bond donors (Lipinski definition) is 0. The van der Waals surface area contributed by atoms with E-state index in [4.69, 9.17) is 30.5 Å². The van der Waals surface area contributed by atoms with Crippen molar-refractivity contribution in [2.24, 2.45) is 0 Å². The molecule has 210 valence electrons. The van der Waals surface area contributed by atoms with Crippen LogP contribution in [0.25, 0.3) is 88.0 Å². The molecule has 9 aromatic rings. The summed E-state index contributed by atoms with van der Waals surface area (Å²) < 4.78 is 256. The summed E-state index contributed by atoms with van der Waals surface area (Å²) in [4.78, 5) is 0. The number of furan rings is 1. The first-order chi connectivity index (χ1) is 34.0. The summed E-state index contributed by atoms with van der Waals surface area (Å²) in [6.07, 6.45) is 0. The van der Waals surface area contributed by atoms with Crippen molar-refractivity contribution in [2.75, 3.05) is 0 Å². The van der Waals surface area contributed by atoms with E-state index in [0.717, 1.165) is 0 Å². The molecule has 0 N–H and O–H groups in total. The SMILES string of the molecule is [2H]c1c([2H])c([2H])c(-c2c([2H])c([2H])c([2H])c([2H])c2-c2c3c([2H])c([2H])c([2H])c([2H])c3c(-c3c([2H])c([2H])c(-c4c([2H])c([2H])c([2H])c5oc6c([2H])c([2H])c([2H])c([2H])c6c45)c([2H])c3[2H])c3c([2H])c([2H])c([2H])c([2H])c23)c([2H])c1[2H]. The minimum atomic E-state index is -1.11. The lowest BCUT2D eigenvalue weighted by Gasteiger charge is -2.20. The topological polar surface area (TPSA) is 13.1 Å². The van der Waals surface area contributed by atoms with E-state index in [1.54, 1.807) is 0 Å². The molecule has 0 saturated carbocycles. The summed E-state index contributed by atoms with van der Waals surface area (Å²) in [7, 11) is 0. The summed E-state index contributed by atoms with van der Waals surface area (Å²) >= 11 is 0. The van der Waals surface area contributed by atoms with Gasteiger partial charge in [-0.15, -0.1) is 0 Å². The van der Waals surface area contributed by atoms with Crippen molar-refractivity contribution in [1.82, 2.24) is 0 Å². The van der Waals surface area contributed by atoms with Crippen LogP contribution in [0, 0.1) is 0 Å². The number of fused-ring (bicyclic) bond motifs is 5. The minimum absolute atomic E-state index is 0.444. The quantitative estimate of drug-likeness (QED) is 0.183. The van der Waals surface area contributed by atoms with Crippen LogP contribution in [0.3, 0.4) is 0 Å². The van der Waals surface area contributed by atoms with Crippen LogP contribution in [-0.2, 0) is 0 Å². The van der Waals surface area contributed by atoms with Crippen molar-refractivity contribution in [3.05, 3.63) is 169 Å². The van der Waals surface area contributed by atoms with E-state index in [2.05, 4.69) is 0 Å². The number of para-hydroxylation sites is 1. The van der Waals surface area contributed by atoms with Gasteiger partial charge in [-0.25, -0.2) is 0 Å². The standard InChI is InChI=1S/C44H28O/c1-2-13-29(14-3-1)32-15-4-5-16-34(32)43-37-19-8-6-17-35(37)42(36-18-7-9-20-38(36)43)31-27-25-30(26-28-31)33-22-12-24-41-44(33)39-21-10-11-23-40(39)45-41/h1-28H/i1D,2D,3D,4D,5D,6D,7D,8D,9D,10D,11D,12D,13D,14D,15D,16D,17D,18D,19D,20D,21D,22D,23D,24D,25D,26D,27D,28D. The van der Waals surface area contributed by atoms with Gasteiger partial charge in [0.2, 0.25) is 0 Å². The highest BCUT2D eigenvalue weighted by Gasteiger charge is 2.19. The lowest BCUT2D eigenvalue weighted by Crippen LogP contribution is -1.92. The Kier molecular flexibility index (Phi) is 2.32. The van der Waals surface area contributed by atoms with E-state index < -0.39 is 257 Å². The van der Waals surface area contributed by atoms with Crippen LogP contribution in [0.15, 0.2) is 174 Å². The van der Waals surface area contributed by atoms with Crippen molar-refractivity contribution < 1.29 is 42.8 Å². The zero-order valence-electron chi connectivity index (χ0n) is 50.4. The second kappa shape index (κ2) is 10.4. The Morgan fingerprint density at radius 2 is 0.778 bits per heavy atom. The average molecular weight is 601 g/mol. The van der Waals surface area contributed by atoms with Crippen LogP contribution in [0.1, 0.15) is 38.4 Å². The molecule has 1 heterocycles. The highest BCUT2D eigenvalue weighted by atomic mass is 16.3. The molecule has 8 aromatic carbocycles. The summed E-state index contributed by atoms with van der Waals surface area (Å²) in [6.45, 7) is 0. The molecule has 0 radical (unpaired) electrons. The predicted octanol–water partition coefficient (Wildman–Crippen LogP) is 12.6. The lowest BCUT2D eigenvalue weighted by molar-refractivity contribution is 0.669. The third kappa shape index (κ3) is 4.09. The number of rotatable bonds is 4. The van der Waals surface area contributed by atoms with Crippen molar-refractivity contribution in [2.45, 2.75) is 0 Å². The van der Waals surface area contributed by atoms with Gasteiger partial charge in [-0.2, -0.15) is 0 Å². The third-order valence-electron chi connectivity index (χ3n) is 7.14. The molecule has 0 atom stereocenters. The van der Waals surface area contributed by atoms with E-state index in [1.807, 2.05) is 0 Å². The Morgan fingerprint density at radius 3 is 1.47 bits per heavy atom. The predicted molar refractivity (Wildman–Crippen MR) is 190 cm³/mol. The summed E-state index contributed by atoms with van der Waals surface area (Å²) in [6, 6.07) is -27.3. The Hall–Kier alpha value is -5.92. The fourth-order valence-corrected chi connectivity index (χ4v) is 5.30. The van der Waals surface area contributed by atoms with Crippen LogP contribution in [0.2, 0.25) is 0 Å². The van der Waals surface area contributed by atoms with Crippen molar-refractivity contribution in [1.29, 1.82) is 0 Å². The summed E-state index contributed by atoms with van der Waals surface area (Å²) in [5.41, 5.74) is -7.63. The minimum Gasteiger partial charge on any atom is -0.456 e. The molecule has 1 heteroatoms. The smallest absolute Gasteiger partial charge is 0.136 e. The lowest BCUT2D eigenvalue weighted by atomic mass is 9.83. The van der Waals surface area contributed by atoms with Gasteiger partial charge in [0.05, 0.1) is 38.4 Å². The zero-order valence-corrected chi connectivity index (χ0v) is 22.4. The zero-order chi connectivity index (χ0) is 54.1. The van der Waals surface area contributed by atoms with E-state index >= 15 is 0 Å². The number of benzene rings is 8. The van der Waals surface area contributed by atoms with Crippen LogP contribution in [-0.4, -0.2) is 0 Å². The van der Waals surface area contributed by atoms with Gasteiger partial charge in [-0.05, 0) is 78.1 Å². The Balaban J connectivity index is 1.57. The maximum atomic E-state index is 9.61. The molecule has 0 aliphatic carbocycles. The van der Waals surface area contributed by atoms with Gasteiger partial charge >= 0.3 is 0 Å². The molecule has 0 spiro atoms. The molecule has 0 unspecified atom stereocenters. The van der Waals surface area contributed by atoms with Gasteiger partial charge in [0.25, 0.3) is 0 Å². The van der Waals surface area contributed by atoms with Gasteiger partial charge in [0.1, 0.15) is 11.2 Å². The maximum absolute atomic E-state index is 9.61. The van der Waals surface area contributed by atoms with Crippen LogP contribution in [0.4, 0.5) is 0 Å². The second-order valence-corrected chi connectivity index (χ2v) is 9.51. The first-order valence-corrected chi connectivity index (χ1v) is 13.2. The fraction of sp³-hybridized carbons (Fsp3) is 0. The molecular formula is C44H28O. The molecule has 0 saturated heterocycles. The normalized spacial score (nSPS) is 20.3. The van der Waals surface area contributed by atoms with Gasteiger partial charge in [0, 0.05) is 10.8 Å². The highest BCUT2D eigenvalue weighted by molar-refractivity contribution is 6.22. The molecule has 45 heavy (non-hydrogen) atoms. The number of hydrogen-bond acceptors (Lipinski definition) is 1. The Labute approximate surface area is 301 Å². The van der Waals surface area contributed by atoms with Crippen molar-refractivity contribution >= 4 is 43.5 Å². The molecule has 0 amide bonds. The van der Waals surface area contributed by atoms with Gasteiger partial charge in [-0.1, -0.05) is 157 Å². The van der Waals surface area contributed by atoms with Crippen LogP contribution < -0.4 is 0 Å². The van der Waals surface area contributed by atoms with Crippen molar-refractivity contribution in [3.63, 3.8) is 0 Å². The van der Waals surface area contributed by atoms with Gasteiger partial charge < -0.3 is 4.42 Å². The highest BCUT2D eigenvalue weighted by Crippen LogP contribution is 2.46. The molecule has 1 aromatic heterocycles. The third-order valence-corrected chi connectivity index (χ3v) is 7.14. The van der Waals surface area contributed by atoms with E-state index in [9.17, 15) is 12.3 Å². The molecule has 9 rings (SSSR count). The Bertz CT molecular complexity index is 3980. The monoisotopic (exact) mass is 600 g/mol. The first kappa shape index (κ1) is 10.1. The van der Waals surface area contributed by atoms with Gasteiger partial charge in [0.15, 0.2) is 0 Å². The van der Waals surface area contributed by atoms with Crippen molar-refractivity contribution in [3.8, 4) is 44.5 Å². The van der Waals surface area contributed by atoms with E-state index in [-0.39, 0.29) is 0 Å². The Morgan fingerprint density at radius 1 is 0.311 bits per heavy atom. The largest absolute Gasteiger partial charge is 0.456 e. The molecule has 0 bridgehead atoms. The first-order valence-electron chi connectivity index (χ1n) is 27.2. The van der Waals surface area contributed by atoms with E-state index in [0.29, 0.717) is 0 Å². The maximum Gasteiger partial charge on any atom is 0.136 e. The van der Waals surface area contributed by atoms with Gasteiger partial charge in [-0.3, -0.25) is 0 Å². The molecule has 0 aliphatic rings. The molecule has 0 aliphatic heterocycles. The van der Waals surface area contributed by atoms with Crippen LogP contribution >= 0.6 is 0 Å². The molecular weight excluding hydrogens is 544 g/mol. The summed E-state index contributed by atoms with van der Waals surface area (Å²) in [5.74, 6) is 0. The summed E-state index contributed by atoms with van der Waals surface area (Å²) in [5, 5.41) is -4.14. The fourth-order valence-electron chi connectivity index (χ4n) is 5.30. The van der Waals surface area contributed by atoms with Crippen LogP contribution in [0.5, 0.6) is 0 Å². The molecule has 1 nitrogen and oxygen atoms in total. The average Bonchev–Trinajstić information content (AvgIpc) is 3.77. The second-order valence-electron chi connectivity index (χ2n) is 9.51. The molecule has 0 fully saturated rings.